The average molecular weight is 500 g/mol. The summed E-state index contributed by atoms with van der Waals surface area (Å²) in [5, 5.41) is 15.8. The smallest absolute Gasteiger partial charge is 0.243 e. The standard InChI is InChI=1S/C19H26BrN5O4S/c1-13(2)17(12-26)23-18-16(20)11-21-19(24-18)22-14-3-5-15(6-4-14)30(27,28)25-7-9-29-10-8-25/h3-6,11,13,17,26H,7-10,12H2,1-2H3,(H2,21,22,23,24)/t17-/m0/s1. The normalized spacial score (nSPS) is 16.4. The lowest BCUT2D eigenvalue weighted by atomic mass is 10.1. The number of nitrogens with one attached hydrogen (secondary N) is 2. The number of aromatic nitrogens is 2. The third kappa shape index (κ3) is 5.46. The molecule has 0 amide bonds. The Balaban J connectivity index is 1.73. The zero-order chi connectivity index (χ0) is 21.7. The maximum Gasteiger partial charge on any atom is 0.243 e. The maximum atomic E-state index is 12.7. The lowest BCUT2D eigenvalue weighted by Crippen LogP contribution is -2.40. The minimum atomic E-state index is -3.53. The van der Waals surface area contributed by atoms with Gasteiger partial charge in [0.2, 0.25) is 16.0 Å². The number of rotatable bonds is 8. The Bertz CT molecular complexity index is 950. The van der Waals surface area contributed by atoms with Gasteiger partial charge in [0.05, 0.1) is 35.2 Å². The van der Waals surface area contributed by atoms with Crippen molar-refractivity contribution in [3.63, 3.8) is 0 Å². The van der Waals surface area contributed by atoms with Gasteiger partial charge in [0.1, 0.15) is 5.82 Å². The molecule has 1 saturated heterocycles. The van der Waals surface area contributed by atoms with Gasteiger partial charge in [-0.25, -0.2) is 13.4 Å². The molecule has 0 saturated carbocycles. The van der Waals surface area contributed by atoms with Gasteiger partial charge >= 0.3 is 0 Å². The van der Waals surface area contributed by atoms with Crippen molar-refractivity contribution in [3.05, 3.63) is 34.9 Å². The van der Waals surface area contributed by atoms with Gasteiger partial charge in [-0.05, 0) is 46.1 Å². The highest BCUT2D eigenvalue weighted by atomic mass is 79.9. The van der Waals surface area contributed by atoms with Crippen LogP contribution in [-0.2, 0) is 14.8 Å². The molecule has 2 aromatic rings. The highest BCUT2D eigenvalue weighted by molar-refractivity contribution is 9.10. The number of anilines is 3. The first kappa shape index (κ1) is 22.9. The summed E-state index contributed by atoms with van der Waals surface area (Å²) in [5.74, 6) is 1.13. The molecule has 1 aromatic carbocycles. The Kier molecular flexibility index (Phi) is 7.64. The van der Waals surface area contributed by atoms with E-state index in [4.69, 9.17) is 4.74 Å². The van der Waals surface area contributed by atoms with E-state index >= 15 is 0 Å². The zero-order valence-corrected chi connectivity index (χ0v) is 19.3. The summed E-state index contributed by atoms with van der Waals surface area (Å²) in [6.07, 6.45) is 1.61. The van der Waals surface area contributed by atoms with E-state index in [0.29, 0.717) is 48.2 Å². The van der Waals surface area contributed by atoms with Crippen molar-refractivity contribution in [3.8, 4) is 0 Å². The van der Waals surface area contributed by atoms with Gasteiger partial charge in [-0.1, -0.05) is 13.8 Å². The number of hydrogen-bond acceptors (Lipinski definition) is 8. The fourth-order valence-corrected chi connectivity index (χ4v) is 4.62. The minimum Gasteiger partial charge on any atom is -0.394 e. The minimum absolute atomic E-state index is 0.0179. The first-order valence-electron chi connectivity index (χ1n) is 9.66. The summed E-state index contributed by atoms with van der Waals surface area (Å²) in [7, 11) is -3.53. The second kappa shape index (κ2) is 10.0. The van der Waals surface area contributed by atoms with Crippen molar-refractivity contribution < 1.29 is 18.3 Å². The molecule has 11 heteroatoms. The molecule has 3 rings (SSSR count). The molecular weight excluding hydrogens is 474 g/mol. The quantitative estimate of drug-likeness (QED) is 0.506. The van der Waals surface area contributed by atoms with Gasteiger partial charge in [0, 0.05) is 25.0 Å². The fourth-order valence-electron chi connectivity index (χ4n) is 2.90. The van der Waals surface area contributed by atoms with E-state index in [2.05, 4.69) is 36.5 Å². The molecule has 2 heterocycles. The molecule has 1 aliphatic rings. The SMILES string of the molecule is CC(C)[C@H](CO)Nc1nc(Nc2ccc(S(=O)(=O)N3CCOCC3)cc2)ncc1Br. The number of benzene rings is 1. The largest absolute Gasteiger partial charge is 0.394 e. The number of ether oxygens (including phenoxy) is 1. The molecule has 0 unspecified atom stereocenters. The summed E-state index contributed by atoms with van der Waals surface area (Å²) in [5.41, 5.74) is 0.659. The second-order valence-electron chi connectivity index (χ2n) is 7.23. The van der Waals surface area contributed by atoms with Crippen LogP contribution in [0.4, 0.5) is 17.5 Å². The monoisotopic (exact) mass is 499 g/mol. The number of sulfonamides is 1. The molecule has 0 bridgehead atoms. The van der Waals surface area contributed by atoms with Gasteiger partial charge < -0.3 is 20.5 Å². The predicted octanol–water partition coefficient (Wildman–Crippen LogP) is 2.43. The lowest BCUT2D eigenvalue weighted by Gasteiger charge is -2.26. The fraction of sp³-hybridized carbons (Fsp3) is 0.474. The summed E-state index contributed by atoms with van der Waals surface area (Å²) in [6.45, 7) is 5.53. The van der Waals surface area contributed by atoms with E-state index in [1.807, 2.05) is 13.8 Å². The highest BCUT2D eigenvalue weighted by Gasteiger charge is 2.26. The van der Waals surface area contributed by atoms with Crippen LogP contribution in [0.5, 0.6) is 0 Å². The summed E-state index contributed by atoms with van der Waals surface area (Å²) < 4.78 is 32.8. The second-order valence-corrected chi connectivity index (χ2v) is 10.0. The van der Waals surface area contributed by atoms with Gasteiger partial charge in [-0.15, -0.1) is 0 Å². The summed E-state index contributed by atoms with van der Waals surface area (Å²) in [4.78, 5) is 8.93. The number of nitrogens with zero attached hydrogens (tertiary/aromatic N) is 3. The highest BCUT2D eigenvalue weighted by Crippen LogP contribution is 2.25. The molecule has 1 aliphatic heterocycles. The zero-order valence-electron chi connectivity index (χ0n) is 16.9. The van der Waals surface area contributed by atoms with Crippen LogP contribution in [0.3, 0.4) is 0 Å². The molecule has 1 aromatic heterocycles. The van der Waals surface area contributed by atoms with Crippen molar-refractivity contribution in [1.29, 1.82) is 0 Å². The van der Waals surface area contributed by atoms with Crippen LogP contribution in [0.25, 0.3) is 0 Å². The molecular formula is C19H26BrN5O4S. The first-order valence-corrected chi connectivity index (χ1v) is 11.9. The molecule has 0 radical (unpaired) electrons. The van der Waals surface area contributed by atoms with Crippen molar-refractivity contribution in [2.75, 3.05) is 43.5 Å². The lowest BCUT2D eigenvalue weighted by molar-refractivity contribution is 0.0730. The molecule has 1 atom stereocenters. The molecule has 0 aliphatic carbocycles. The number of hydrogen-bond donors (Lipinski definition) is 3. The van der Waals surface area contributed by atoms with Crippen LogP contribution in [0.15, 0.2) is 39.8 Å². The predicted molar refractivity (Wildman–Crippen MR) is 118 cm³/mol. The molecule has 1 fully saturated rings. The molecule has 30 heavy (non-hydrogen) atoms. The number of aliphatic hydroxyl groups excluding tert-OH is 1. The van der Waals surface area contributed by atoms with Crippen LogP contribution in [0, 0.1) is 5.92 Å². The summed E-state index contributed by atoms with van der Waals surface area (Å²) >= 11 is 3.41. The van der Waals surface area contributed by atoms with E-state index in [9.17, 15) is 13.5 Å². The van der Waals surface area contributed by atoms with Gasteiger partial charge in [-0.2, -0.15) is 9.29 Å². The van der Waals surface area contributed by atoms with Crippen molar-refractivity contribution in [2.24, 2.45) is 5.92 Å². The van der Waals surface area contributed by atoms with Crippen LogP contribution in [0.1, 0.15) is 13.8 Å². The topological polar surface area (TPSA) is 117 Å². The first-order chi connectivity index (χ1) is 14.3. The Labute approximate surface area is 185 Å². The van der Waals surface area contributed by atoms with Crippen LogP contribution in [0.2, 0.25) is 0 Å². The Morgan fingerprint density at radius 1 is 1.23 bits per heavy atom. The van der Waals surface area contributed by atoms with Crippen LogP contribution in [-0.4, -0.2) is 66.7 Å². The Morgan fingerprint density at radius 2 is 1.90 bits per heavy atom. The molecule has 164 valence electrons. The van der Waals surface area contributed by atoms with Crippen molar-refractivity contribution in [1.82, 2.24) is 14.3 Å². The number of halogens is 1. The van der Waals surface area contributed by atoms with E-state index < -0.39 is 10.0 Å². The third-order valence-corrected chi connectivity index (χ3v) is 7.28. The molecule has 0 spiro atoms. The number of aliphatic hydroxyl groups is 1. The van der Waals surface area contributed by atoms with E-state index in [1.54, 1.807) is 30.5 Å². The third-order valence-electron chi connectivity index (χ3n) is 4.79. The average Bonchev–Trinajstić information content (AvgIpc) is 2.75. The summed E-state index contributed by atoms with van der Waals surface area (Å²) in [6, 6.07) is 6.33. The van der Waals surface area contributed by atoms with Crippen molar-refractivity contribution in [2.45, 2.75) is 24.8 Å². The van der Waals surface area contributed by atoms with Crippen molar-refractivity contribution >= 4 is 43.4 Å². The molecule has 9 nitrogen and oxygen atoms in total. The maximum absolute atomic E-state index is 12.7. The Hall–Kier alpha value is -1.79. The Morgan fingerprint density at radius 3 is 2.50 bits per heavy atom. The molecule has 3 N–H and O–H groups in total. The van der Waals surface area contributed by atoms with Gasteiger partial charge in [0.25, 0.3) is 0 Å². The van der Waals surface area contributed by atoms with Crippen LogP contribution >= 0.6 is 15.9 Å². The number of morpholine rings is 1. The van der Waals surface area contributed by atoms with Gasteiger partial charge in [0.15, 0.2) is 0 Å². The van der Waals surface area contributed by atoms with Gasteiger partial charge in [-0.3, -0.25) is 0 Å². The van der Waals surface area contributed by atoms with E-state index in [0.717, 1.165) is 0 Å². The van der Waals surface area contributed by atoms with E-state index in [1.165, 1.54) is 4.31 Å². The van der Waals surface area contributed by atoms with E-state index in [-0.39, 0.29) is 23.5 Å². The van der Waals surface area contributed by atoms with Crippen LogP contribution < -0.4 is 10.6 Å².